The first-order chi connectivity index (χ1) is 6.00. The molecule has 1 heterocycles. The molecule has 1 saturated heterocycles. The fraction of sp³-hybridized carbons (Fsp3) is 0.750. The molecule has 5 nitrogen and oxygen atoms in total. The van der Waals surface area contributed by atoms with Crippen molar-refractivity contribution in [1.82, 2.24) is 9.80 Å². The van der Waals surface area contributed by atoms with Crippen molar-refractivity contribution in [2.24, 2.45) is 5.73 Å². The van der Waals surface area contributed by atoms with Crippen LogP contribution in [-0.4, -0.2) is 47.9 Å². The van der Waals surface area contributed by atoms with E-state index in [0.29, 0.717) is 19.6 Å². The van der Waals surface area contributed by atoms with Gasteiger partial charge in [0, 0.05) is 19.5 Å². The third kappa shape index (κ3) is 2.42. The maximum absolute atomic E-state index is 11.1. The molecule has 0 spiro atoms. The molecule has 2 N–H and O–H groups in total. The number of carbonyl (C=O) groups is 2. The highest BCUT2D eigenvalue weighted by Gasteiger charge is 2.28. The Morgan fingerprint density at radius 3 is 2.69 bits per heavy atom. The molecule has 0 aromatic rings. The molecule has 1 aliphatic heterocycles. The standard InChI is InChI=1S/C8H15N3O2/c1-6(3-7(9)12)11-4-8(13)10(2)5-11/h6H,3-5H2,1-2H3,(H2,9,12). The van der Waals surface area contributed by atoms with Crippen LogP contribution >= 0.6 is 0 Å². The number of nitrogens with zero attached hydrogens (tertiary/aromatic N) is 2. The van der Waals surface area contributed by atoms with Crippen molar-refractivity contribution < 1.29 is 9.59 Å². The zero-order valence-electron chi connectivity index (χ0n) is 7.99. The van der Waals surface area contributed by atoms with Crippen LogP contribution in [0.2, 0.25) is 0 Å². The average Bonchev–Trinajstić information content (AvgIpc) is 2.31. The van der Waals surface area contributed by atoms with E-state index in [4.69, 9.17) is 5.73 Å². The highest BCUT2D eigenvalue weighted by Crippen LogP contribution is 2.10. The van der Waals surface area contributed by atoms with Crippen molar-refractivity contribution in [2.45, 2.75) is 19.4 Å². The number of rotatable bonds is 3. The molecule has 0 aliphatic carbocycles. The van der Waals surface area contributed by atoms with Crippen molar-refractivity contribution in [3.8, 4) is 0 Å². The normalized spacial score (nSPS) is 20.8. The van der Waals surface area contributed by atoms with Crippen molar-refractivity contribution in [1.29, 1.82) is 0 Å². The maximum atomic E-state index is 11.1. The summed E-state index contributed by atoms with van der Waals surface area (Å²) in [5.74, 6) is -0.231. The molecular weight excluding hydrogens is 170 g/mol. The molecular formula is C8H15N3O2. The van der Waals surface area contributed by atoms with Gasteiger partial charge in [-0.05, 0) is 6.92 Å². The Balaban J connectivity index is 2.45. The highest BCUT2D eigenvalue weighted by molar-refractivity contribution is 5.80. The summed E-state index contributed by atoms with van der Waals surface area (Å²) in [5.41, 5.74) is 5.07. The lowest BCUT2D eigenvalue weighted by atomic mass is 10.2. The second-order valence-electron chi connectivity index (χ2n) is 3.50. The van der Waals surface area contributed by atoms with Crippen LogP contribution in [-0.2, 0) is 9.59 Å². The Bertz CT molecular complexity index is 229. The summed E-state index contributed by atoms with van der Waals surface area (Å²) >= 11 is 0. The van der Waals surface area contributed by atoms with Crippen LogP contribution in [0.3, 0.4) is 0 Å². The number of amides is 2. The van der Waals surface area contributed by atoms with Crippen LogP contribution in [0.5, 0.6) is 0 Å². The Labute approximate surface area is 77.5 Å². The number of primary amides is 1. The quantitative estimate of drug-likeness (QED) is 0.612. The van der Waals surface area contributed by atoms with Gasteiger partial charge in [0.25, 0.3) is 0 Å². The van der Waals surface area contributed by atoms with Gasteiger partial charge in [0.2, 0.25) is 11.8 Å². The van der Waals surface area contributed by atoms with E-state index in [2.05, 4.69) is 0 Å². The van der Waals surface area contributed by atoms with Crippen LogP contribution in [0.4, 0.5) is 0 Å². The smallest absolute Gasteiger partial charge is 0.237 e. The second-order valence-corrected chi connectivity index (χ2v) is 3.50. The predicted octanol–water partition coefficient (Wildman–Crippen LogP) is -1.02. The Kier molecular flexibility index (Phi) is 2.87. The van der Waals surface area contributed by atoms with Gasteiger partial charge in [0.05, 0.1) is 13.2 Å². The van der Waals surface area contributed by atoms with Gasteiger partial charge in [-0.3, -0.25) is 14.5 Å². The molecule has 13 heavy (non-hydrogen) atoms. The Morgan fingerprint density at radius 1 is 1.69 bits per heavy atom. The van der Waals surface area contributed by atoms with Gasteiger partial charge in [0.1, 0.15) is 0 Å². The topological polar surface area (TPSA) is 66.6 Å². The van der Waals surface area contributed by atoms with E-state index >= 15 is 0 Å². The van der Waals surface area contributed by atoms with Crippen molar-refractivity contribution in [3.63, 3.8) is 0 Å². The van der Waals surface area contributed by atoms with Gasteiger partial charge in [-0.2, -0.15) is 0 Å². The first-order valence-corrected chi connectivity index (χ1v) is 4.27. The summed E-state index contributed by atoms with van der Waals surface area (Å²) in [6.45, 7) is 2.88. The summed E-state index contributed by atoms with van der Waals surface area (Å²) in [4.78, 5) is 25.3. The summed E-state index contributed by atoms with van der Waals surface area (Å²) in [6.07, 6.45) is 0.307. The SMILES string of the molecule is CC(CC(N)=O)N1CC(=O)N(C)C1. The fourth-order valence-corrected chi connectivity index (χ4v) is 1.41. The van der Waals surface area contributed by atoms with Crippen LogP contribution in [0, 0.1) is 0 Å². The lowest BCUT2D eigenvalue weighted by Crippen LogP contribution is -2.35. The number of carbonyl (C=O) groups excluding carboxylic acids is 2. The van der Waals surface area contributed by atoms with Gasteiger partial charge >= 0.3 is 0 Å². The van der Waals surface area contributed by atoms with Crippen LogP contribution in [0.15, 0.2) is 0 Å². The molecule has 0 radical (unpaired) electrons. The van der Waals surface area contributed by atoms with E-state index in [9.17, 15) is 9.59 Å². The van der Waals surface area contributed by atoms with E-state index in [0.717, 1.165) is 0 Å². The molecule has 0 aromatic heterocycles. The molecule has 1 atom stereocenters. The number of hydrogen-bond acceptors (Lipinski definition) is 3. The molecule has 1 fully saturated rings. The number of nitrogens with two attached hydrogens (primary N) is 1. The maximum Gasteiger partial charge on any atom is 0.237 e. The lowest BCUT2D eigenvalue weighted by molar-refractivity contribution is -0.125. The summed E-state index contributed by atoms with van der Waals surface area (Å²) in [6, 6.07) is 0.0476. The Morgan fingerprint density at radius 2 is 2.31 bits per heavy atom. The van der Waals surface area contributed by atoms with Gasteiger partial charge < -0.3 is 10.6 Å². The van der Waals surface area contributed by atoms with Crippen LogP contribution in [0.25, 0.3) is 0 Å². The van der Waals surface area contributed by atoms with Gasteiger partial charge in [-0.25, -0.2) is 0 Å². The summed E-state index contributed by atoms with van der Waals surface area (Å²) in [7, 11) is 1.75. The largest absolute Gasteiger partial charge is 0.370 e. The van der Waals surface area contributed by atoms with E-state index in [1.54, 1.807) is 11.9 Å². The van der Waals surface area contributed by atoms with Crippen molar-refractivity contribution in [3.05, 3.63) is 0 Å². The molecule has 2 amide bonds. The van der Waals surface area contributed by atoms with E-state index in [1.165, 1.54) is 0 Å². The van der Waals surface area contributed by atoms with Gasteiger partial charge in [0.15, 0.2) is 0 Å². The van der Waals surface area contributed by atoms with E-state index in [-0.39, 0.29) is 17.9 Å². The van der Waals surface area contributed by atoms with Crippen molar-refractivity contribution >= 4 is 11.8 Å². The van der Waals surface area contributed by atoms with E-state index < -0.39 is 0 Å². The molecule has 1 aliphatic rings. The highest BCUT2D eigenvalue weighted by atomic mass is 16.2. The molecule has 1 unspecified atom stereocenters. The van der Waals surface area contributed by atoms with Gasteiger partial charge in [-0.1, -0.05) is 0 Å². The van der Waals surface area contributed by atoms with Crippen molar-refractivity contribution in [2.75, 3.05) is 20.3 Å². The molecule has 74 valence electrons. The van der Waals surface area contributed by atoms with Gasteiger partial charge in [-0.15, -0.1) is 0 Å². The van der Waals surface area contributed by atoms with Crippen LogP contribution < -0.4 is 5.73 Å². The van der Waals surface area contributed by atoms with Crippen LogP contribution in [0.1, 0.15) is 13.3 Å². The molecule has 1 rings (SSSR count). The third-order valence-electron chi connectivity index (χ3n) is 2.28. The number of likely N-dealkylation sites (N-methyl/N-ethyl adjacent to an activating group) is 1. The zero-order valence-corrected chi connectivity index (χ0v) is 7.99. The minimum Gasteiger partial charge on any atom is -0.370 e. The minimum atomic E-state index is -0.325. The minimum absolute atomic E-state index is 0.0476. The molecule has 0 aromatic carbocycles. The Hall–Kier alpha value is -1.10. The molecule has 0 bridgehead atoms. The van der Waals surface area contributed by atoms with E-state index in [1.807, 2.05) is 11.8 Å². The monoisotopic (exact) mass is 185 g/mol. The summed E-state index contributed by atoms with van der Waals surface area (Å²) < 4.78 is 0. The lowest BCUT2D eigenvalue weighted by Gasteiger charge is -2.21. The fourth-order valence-electron chi connectivity index (χ4n) is 1.41. The first-order valence-electron chi connectivity index (χ1n) is 4.27. The zero-order chi connectivity index (χ0) is 10.0. The second kappa shape index (κ2) is 3.74. The predicted molar refractivity (Wildman–Crippen MR) is 47.6 cm³/mol. The molecule has 5 heteroatoms. The third-order valence-corrected chi connectivity index (χ3v) is 2.28. The summed E-state index contributed by atoms with van der Waals surface area (Å²) in [5, 5.41) is 0. The first kappa shape index (κ1) is 9.98. The number of hydrogen-bond donors (Lipinski definition) is 1. The average molecular weight is 185 g/mol. The molecule has 0 saturated carbocycles.